The highest BCUT2D eigenvalue weighted by Crippen LogP contribution is 2.36. The van der Waals surface area contributed by atoms with Crippen LogP contribution in [-0.2, 0) is 10.1 Å². The molecule has 1 aliphatic rings. The lowest BCUT2D eigenvalue weighted by Crippen LogP contribution is -2.21. The average molecular weight is 247 g/mol. The molecule has 96 valence electrons. The molecule has 0 amide bonds. The van der Waals surface area contributed by atoms with Crippen molar-refractivity contribution < 1.29 is 13.0 Å². The predicted octanol–water partition coefficient (Wildman–Crippen LogP) is 2.77. The van der Waals surface area contributed by atoms with Gasteiger partial charge in [0.25, 0.3) is 0 Å². The Kier molecular flexibility index (Phi) is 5.25. The van der Waals surface area contributed by atoms with Crippen LogP contribution >= 0.6 is 0 Å². The lowest BCUT2D eigenvalue weighted by molar-refractivity contribution is 0.190. The Bertz CT molecular complexity index is 297. The molecule has 3 unspecified atom stereocenters. The quantitative estimate of drug-likeness (QED) is 0.554. The van der Waals surface area contributed by atoms with Crippen LogP contribution in [0.4, 0.5) is 0 Å². The Morgan fingerprint density at radius 2 is 1.88 bits per heavy atom. The first-order valence-electron chi connectivity index (χ1n) is 6.32. The average Bonchev–Trinajstić information content (AvgIpc) is 2.16. The number of hydrogen-bond donors (Lipinski definition) is 0. The summed E-state index contributed by atoms with van der Waals surface area (Å²) in [6.45, 7) is 4.59. The van der Waals surface area contributed by atoms with Crippen LogP contribution in [0.1, 0.15) is 52.4 Å². The van der Waals surface area contributed by atoms with Gasteiger partial charge in [0, 0.05) is 5.75 Å². The molecule has 16 heavy (non-hydrogen) atoms. The van der Waals surface area contributed by atoms with Gasteiger partial charge in [-0.2, -0.15) is 0 Å². The van der Waals surface area contributed by atoms with Gasteiger partial charge in [0.15, 0.2) is 0 Å². The van der Waals surface area contributed by atoms with Crippen LogP contribution in [0.5, 0.6) is 0 Å². The van der Waals surface area contributed by atoms with E-state index in [1.807, 2.05) is 0 Å². The van der Waals surface area contributed by atoms with Crippen LogP contribution in [-0.4, -0.2) is 18.7 Å². The minimum Gasteiger partial charge on any atom is -0.748 e. The zero-order valence-corrected chi connectivity index (χ0v) is 11.1. The van der Waals surface area contributed by atoms with Gasteiger partial charge in [-0.1, -0.05) is 39.5 Å². The third kappa shape index (κ3) is 5.30. The first kappa shape index (κ1) is 14.0. The summed E-state index contributed by atoms with van der Waals surface area (Å²) >= 11 is 0. The smallest absolute Gasteiger partial charge is 0.0945 e. The van der Waals surface area contributed by atoms with Gasteiger partial charge in [-0.25, -0.2) is 8.42 Å². The summed E-state index contributed by atoms with van der Waals surface area (Å²) in [4.78, 5) is 0. The maximum atomic E-state index is 10.4. The Morgan fingerprint density at radius 3 is 2.50 bits per heavy atom. The Balaban J connectivity index is 2.21. The maximum absolute atomic E-state index is 10.4. The zero-order valence-electron chi connectivity index (χ0n) is 10.3. The lowest BCUT2D eigenvalue weighted by atomic mass is 9.73. The molecule has 0 radical (unpaired) electrons. The van der Waals surface area contributed by atoms with Gasteiger partial charge in [-0.15, -0.1) is 0 Å². The fourth-order valence-electron chi connectivity index (χ4n) is 2.74. The van der Waals surface area contributed by atoms with Crippen molar-refractivity contribution in [2.45, 2.75) is 52.4 Å². The highest BCUT2D eigenvalue weighted by Gasteiger charge is 2.24. The van der Waals surface area contributed by atoms with E-state index in [-0.39, 0.29) is 5.75 Å². The molecule has 0 aromatic rings. The van der Waals surface area contributed by atoms with Gasteiger partial charge < -0.3 is 4.55 Å². The number of unbranched alkanes of at least 4 members (excludes halogenated alkanes) is 1. The summed E-state index contributed by atoms with van der Waals surface area (Å²) in [5.74, 6) is 2.12. The van der Waals surface area contributed by atoms with Crippen LogP contribution in [0.3, 0.4) is 0 Å². The summed E-state index contributed by atoms with van der Waals surface area (Å²) in [7, 11) is -4.00. The second-order valence-electron chi connectivity index (χ2n) is 5.41. The molecule has 1 rings (SSSR count). The van der Waals surface area contributed by atoms with Crippen LogP contribution in [0.15, 0.2) is 0 Å². The van der Waals surface area contributed by atoms with Crippen molar-refractivity contribution in [3.05, 3.63) is 0 Å². The lowest BCUT2D eigenvalue weighted by Gasteiger charge is -2.32. The largest absolute Gasteiger partial charge is 0.748 e. The Morgan fingerprint density at radius 1 is 1.19 bits per heavy atom. The van der Waals surface area contributed by atoms with E-state index in [9.17, 15) is 13.0 Å². The van der Waals surface area contributed by atoms with Gasteiger partial charge in [0.1, 0.15) is 0 Å². The van der Waals surface area contributed by atoms with Gasteiger partial charge in [-0.05, 0) is 30.6 Å². The number of rotatable bonds is 5. The van der Waals surface area contributed by atoms with Crippen molar-refractivity contribution in [3.63, 3.8) is 0 Å². The zero-order chi connectivity index (χ0) is 12.2. The van der Waals surface area contributed by atoms with Gasteiger partial charge >= 0.3 is 0 Å². The van der Waals surface area contributed by atoms with Crippen molar-refractivity contribution in [1.82, 2.24) is 0 Å². The van der Waals surface area contributed by atoms with Crippen molar-refractivity contribution in [2.24, 2.45) is 17.8 Å². The number of hydrogen-bond acceptors (Lipinski definition) is 3. The summed E-state index contributed by atoms with van der Waals surface area (Å²) in [5.41, 5.74) is 0. The molecule has 3 nitrogen and oxygen atoms in total. The molecule has 4 heteroatoms. The molecule has 0 N–H and O–H groups in total. The molecule has 0 saturated heterocycles. The minimum absolute atomic E-state index is 0.191. The highest BCUT2D eigenvalue weighted by atomic mass is 32.2. The van der Waals surface area contributed by atoms with Crippen LogP contribution in [0.25, 0.3) is 0 Å². The normalized spacial score (nSPS) is 31.6. The molecular formula is C12H23O3S-. The van der Waals surface area contributed by atoms with Crippen LogP contribution in [0.2, 0.25) is 0 Å². The van der Waals surface area contributed by atoms with E-state index >= 15 is 0 Å². The molecule has 1 aliphatic carbocycles. The van der Waals surface area contributed by atoms with Crippen LogP contribution in [0, 0.1) is 17.8 Å². The van der Waals surface area contributed by atoms with Gasteiger partial charge in [-0.3, -0.25) is 0 Å². The third-order valence-corrected chi connectivity index (χ3v) is 4.63. The Labute approximate surface area is 99.4 Å². The van der Waals surface area contributed by atoms with E-state index in [4.69, 9.17) is 0 Å². The van der Waals surface area contributed by atoms with E-state index in [0.717, 1.165) is 30.6 Å². The van der Waals surface area contributed by atoms with E-state index < -0.39 is 10.1 Å². The summed E-state index contributed by atoms with van der Waals surface area (Å²) in [6, 6.07) is 0. The fraction of sp³-hybridized carbons (Fsp3) is 1.00. The van der Waals surface area contributed by atoms with Crippen LogP contribution < -0.4 is 0 Å². The summed E-state index contributed by atoms with van der Waals surface area (Å²) < 4.78 is 31.3. The molecule has 0 spiro atoms. The standard InChI is InChI=1S/C12H24O3S/c1-10-6-7-11(2)12(9-10)5-3-4-8-16(13,14)15/h10-12H,3-9H2,1-2H3,(H,13,14,15)/p-1. The van der Waals surface area contributed by atoms with E-state index in [0.29, 0.717) is 6.42 Å². The topological polar surface area (TPSA) is 57.2 Å². The SMILES string of the molecule is CC1CCC(C)C(CCCCS(=O)(=O)[O-])C1. The first-order chi connectivity index (χ1) is 7.38. The van der Waals surface area contributed by atoms with Crippen molar-refractivity contribution in [1.29, 1.82) is 0 Å². The minimum atomic E-state index is -4.00. The molecule has 0 aromatic carbocycles. The van der Waals surface area contributed by atoms with Crippen molar-refractivity contribution >= 4 is 10.1 Å². The molecule has 0 bridgehead atoms. The molecular weight excluding hydrogens is 224 g/mol. The van der Waals surface area contributed by atoms with Crippen molar-refractivity contribution in [3.8, 4) is 0 Å². The molecule has 3 atom stereocenters. The molecule has 1 saturated carbocycles. The summed E-state index contributed by atoms with van der Waals surface area (Å²) in [5, 5.41) is 0. The second kappa shape index (κ2) is 6.01. The fourth-order valence-corrected chi connectivity index (χ4v) is 3.30. The van der Waals surface area contributed by atoms with E-state index in [1.165, 1.54) is 19.3 Å². The maximum Gasteiger partial charge on any atom is 0.0945 e. The highest BCUT2D eigenvalue weighted by molar-refractivity contribution is 7.85. The molecule has 1 fully saturated rings. The molecule has 0 heterocycles. The summed E-state index contributed by atoms with van der Waals surface area (Å²) in [6.07, 6.45) is 6.39. The third-order valence-electron chi connectivity index (χ3n) is 3.84. The molecule has 0 aliphatic heterocycles. The van der Waals surface area contributed by atoms with Gasteiger partial charge in [0.2, 0.25) is 0 Å². The van der Waals surface area contributed by atoms with Crippen molar-refractivity contribution in [2.75, 3.05) is 5.75 Å². The second-order valence-corrected chi connectivity index (χ2v) is 6.94. The van der Waals surface area contributed by atoms with Gasteiger partial charge in [0.05, 0.1) is 10.1 Å². The predicted molar refractivity (Wildman–Crippen MR) is 64.1 cm³/mol. The van der Waals surface area contributed by atoms with E-state index in [2.05, 4.69) is 13.8 Å². The Hall–Kier alpha value is -0.0900. The monoisotopic (exact) mass is 247 g/mol. The van der Waals surface area contributed by atoms with E-state index in [1.54, 1.807) is 0 Å². The molecule has 0 aromatic heterocycles. The first-order valence-corrected chi connectivity index (χ1v) is 7.90.